The number of carbonyl (C=O) groups excluding carboxylic acids is 1. The molecule has 0 unspecified atom stereocenters. The first-order valence-electron chi connectivity index (χ1n) is 3.36. The first-order valence-corrected chi connectivity index (χ1v) is 3.36. The quantitative estimate of drug-likeness (QED) is 0.641. The number of hydrogen-bond acceptors (Lipinski definition) is 3. The first kappa shape index (κ1) is 9.18. The van der Waals surface area contributed by atoms with Gasteiger partial charge in [-0.3, -0.25) is 0 Å². The minimum absolute atomic E-state index is 0.620. The molecule has 0 radical (unpaired) electrons. The monoisotopic (exact) mass is 181 g/mol. The molecule has 1 amide bonds. The van der Waals surface area contributed by atoms with Crippen molar-refractivity contribution in [1.29, 1.82) is 0 Å². The fourth-order valence-corrected chi connectivity index (χ4v) is 1.32. The normalized spacial score (nSPS) is 24.2. The van der Waals surface area contributed by atoms with Gasteiger partial charge in [0.1, 0.15) is 5.60 Å². The maximum atomic E-state index is 12.3. The van der Waals surface area contributed by atoms with Crippen molar-refractivity contribution in [3.8, 4) is 0 Å². The van der Waals surface area contributed by atoms with Crippen LogP contribution in [0.2, 0.25) is 0 Å². The van der Waals surface area contributed by atoms with Crippen LogP contribution < -0.4 is 5.73 Å². The van der Waals surface area contributed by atoms with Crippen molar-refractivity contribution in [3.05, 3.63) is 0 Å². The Bertz CT molecular complexity index is 199. The minimum atomic E-state index is -2.85. The fraction of sp³-hybridized carbons (Fsp3) is 0.833. The number of carbonyl (C=O) groups is 1. The molecular formula is C6H9F2NO3. The molecule has 0 aromatic rings. The Morgan fingerprint density at radius 1 is 1.58 bits per heavy atom. The number of alkyl halides is 2. The third-order valence-corrected chi connectivity index (χ3v) is 1.77. The van der Waals surface area contributed by atoms with E-state index in [4.69, 9.17) is 5.11 Å². The van der Waals surface area contributed by atoms with Gasteiger partial charge in [0.25, 0.3) is 5.92 Å². The number of halogens is 2. The van der Waals surface area contributed by atoms with E-state index in [0.717, 1.165) is 0 Å². The van der Waals surface area contributed by atoms with Crippen LogP contribution in [-0.2, 0) is 4.74 Å². The van der Waals surface area contributed by atoms with Gasteiger partial charge in [-0.1, -0.05) is 0 Å². The predicted octanol–water partition coefficient (Wildman–Crippen LogP) is 0.242. The number of primary amides is 1. The molecule has 70 valence electrons. The van der Waals surface area contributed by atoms with Crippen LogP contribution >= 0.6 is 0 Å². The molecule has 0 heterocycles. The van der Waals surface area contributed by atoms with Crippen LogP contribution in [0.3, 0.4) is 0 Å². The Morgan fingerprint density at radius 3 is 2.33 bits per heavy atom. The number of aliphatic hydroxyl groups is 1. The van der Waals surface area contributed by atoms with Crippen LogP contribution in [0.4, 0.5) is 13.6 Å². The van der Waals surface area contributed by atoms with Gasteiger partial charge in [-0.15, -0.1) is 0 Å². The van der Waals surface area contributed by atoms with Gasteiger partial charge in [0.2, 0.25) is 0 Å². The summed E-state index contributed by atoms with van der Waals surface area (Å²) in [7, 11) is 0. The molecule has 3 N–H and O–H groups in total. The lowest BCUT2D eigenvalue weighted by Crippen LogP contribution is -2.57. The number of amides is 1. The van der Waals surface area contributed by atoms with E-state index in [1.54, 1.807) is 0 Å². The summed E-state index contributed by atoms with van der Waals surface area (Å²) in [5.74, 6) is -2.85. The molecule has 4 nitrogen and oxygen atoms in total. The second-order valence-corrected chi connectivity index (χ2v) is 2.97. The van der Waals surface area contributed by atoms with Gasteiger partial charge in [0.15, 0.2) is 0 Å². The predicted molar refractivity (Wildman–Crippen MR) is 34.7 cm³/mol. The number of hydrogen-bond donors (Lipinski definition) is 2. The largest absolute Gasteiger partial charge is 0.440 e. The lowest BCUT2D eigenvalue weighted by Gasteiger charge is -2.44. The highest BCUT2D eigenvalue weighted by molar-refractivity contribution is 5.65. The van der Waals surface area contributed by atoms with E-state index in [1.165, 1.54) is 0 Å². The van der Waals surface area contributed by atoms with Crippen LogP contribution in [0.5, 0.6) is 0 Å². The summed E-state index contributed by atoms with van der Waals surface area (Å²) >= 11 is 0. The standard InChI is InChI=1S/C6H9F2NO3/c7-6(8)1-5(2-6,3-10)12-4(9)11/h10H,1-3H2,(H2,9,11). The van der Waals surface area contributed by atoms with Crippen LogP contribution in [0, 0.1) is 0 Å². The van der Waals surface area contributed by atoms with Crippen LogP contribution in [0.1, 0.15) is 12.8 Å². The smallest absolute Gasteiger partial charge is 0.405 e. The van der Waals surface area contributed by atoms with Crippen LogP contribution in [0.15, 0.2) is 0 Å². The molecule has 0 bridgehead atoms. The molecule has 0 aromatic carbocycles. The highest BCUT2D eigenvalue weighted by Crippen LogP contribution is 2.47. The van der Waals surface area contributed by atoms with Crippen molar-refractivity contribution >= 4 is 6.09 Å². The van der Waals surface area contributed by atoms with Gasteiger partial charge >= 0.3 is 6.09 Å². The second-order valence-electron chi connectivity index (χ2n) is 2.97. The number of rotatable bonds is 2. The zero-order valence-electron chi connectivity index (χ0n) is 6.22. The van der Waals surface area contributed by atoms with E-state index >= 15 is 0 Å². The number of aliphatic hydroxyl groups excluding tert-OH is 1. The van der Waals surface area contributed by atoms with Crippen LogP contribution in [-0.4, -0.2) is 29.3 Å². The second kappa shape index (κ2) is 2.55. The van der Waals surface area contributed by atoms with E-state index in [1.807, 2.05) is 0 Å². The summed E-state index contributed by atoms with van der Waals surface area (Å²) in [5, 5.41) is 8.65. The molecule has 1 saturated carbocycles. The van der Waals surface area contributed by atoms with Crippen molar-refractivity contribution < 1.29 is 23.4 Å². The van der Waals surface area contributed by atoms with Gasteiger partial charge in [-0.2, -0.15) is 0 Å². The lowest BCUT2D eigenvalue weighted by atomic mass is 9.77. The summed E-state index contributed by atoms with van der Waals surface area (Å²) in [5.41, 5.74) is 3.19. The Balaban J connectivity index is 2.53. The maximum Gasteiger partial charge on any atom is 0.405 e. The van der Waals surface area contributed by atoms with Gasteiger partial charge in [0, 0.05) is 0 Å². The SMILES string of the molecule is NC(=O)OC1(CO)CC(F)(F)C1. The maximum absolute atomic E-state index is 12.3. The van der Waals surface area contributed by atoms with Gasteiger partial charge < -0.3 is 15.6 Å². The Morgan fingerprint density at radius 2 is 2.08 bits per heavy atom. The molecule has 0 saturated heterocycles. The average Bonchev–Trinajstić information content (AvgIpc) is 1.81. The van der Waals surface area contributed by atoms with Gasteiger partial charge in [0.05, 0.1) is 19.4 Å². The van der Waals surface area contributed by atoms with Gasteiger partial charge in [-0.25, -0.2) is 13.6 Å². The van der Waals surface area contributed by atoms with Crippen molar-refractivity contribution in [1.82, 2.24) is 0 Å². The Hall–Kier alpha value is -0.910. The third-order valence-electron chi connectivity index (χ3n) is 1.77. The average molecular weight is 181 g/mol. The van der Waals surface area contributed by atoms with Crippen molar-refractivity contribution in [3.63, 3.8) is 0 Å². The summed E-state index contributed by atoms with van der Waals surface area (Å²) in [4.78, 5) is 10.2. The highest BCUT2D eigenvalue weighted by Gasteiger charge is 2.59. The molecule has 1 aliphatic carbocycles. The lowest BCUT2D eigenvalue weighted by molar-refractivity contribution is -0.216. The van der Waals surface area contributed by atoms with E-state index in [-0.39, 0.29) is 0 Å². The summed E-state index contributed by atoms with van der Waals surface area (Å²) < 4.78 is 29.0. The third kappa shape index (κ3) is 1.63. The molecule has 0 spiro atoms. The molecular weight excluding hydrogens is 172 g/mol. The van der Waals surface area contributed by atoms with Crippen LogP contribution in [0.25, 0.3) is 0 Å². The zero-order chi connectivity index (χ0) is 9.41. The molecule has 6 heteroatoms. The first-order chi connectivity index (χ1) is 5.39. The molecule has 1 fully saturated rings. The highest BCUT2D eigenvalue weighted by atomic mass is 19.3. The summed E-state index contributed by atoms with van der Waals surface area (Å²) in [6, 6.07) is 0. The van der Waals surface area contributed by atoms with Crippen molar-refractivity contribution in [2.24, 2.45) is 5.73 Å². The van der Waals surface area contributed by atoms with Crippen molar-refractivity contribution in [2.75, 3.05) is 6.61 Å². The topological polar surface area (TPSA) is 72.6 Å². The molecule has 12 heavy (non-hydrogen) atoms. The van der Waals surface area contributed by atoms with E-state index in [9.17, 15) is 13.6 Å². The minimum Gasteiger partial charge on any atom is -0.440 e. The van der Waals surface area contributed by atoms with Crippen molar-refractivity contribution in [2.45, 2.75) is 24.4 Å². The number of nitrogens with two attached hydrogens (primary N) is 1. The van der Waals surface area contributed by atoms with E-state index in [0.29, 0.717) is 0 Å². The Kier molecular flexibility index (Phi) is 1.95. The molecule has 1 rings (SSSR count). The van der Waals surface area contributed by atoms with Gasteiger partial charge in [-0.05, 0) is 0 Å². The molecule has 0 aliphatic heterocycles. The molecule has 0 atom stereocenters. The van der Waals surface area contributed by atoms with E-state index in [2.05, 4.69) is 10.5 Å². The number of ether oxygens (including phenoxy) is 1. The zero-order valence-corrected chi connectivity index (χ0v) is 6.22. The Labute approximate surface area is 67.3 Å². The summed E-state index contributed by atoms with van der Waals surface area (Å²) in [6.07, 6.45) is -2.45. The van der Waals surface area contributed by atoms with E-state index < -0.39 is 37.1 Å². The summed E-state index contributed by atoms with van der Waals surface area (Å²) in [6.45, 7) is -0.620. The molecule has 1 aliphatic rings. The fourth-order valence-electron chi connectivity index (χ4n) is 1.32. The molecule has 0 aromatic heterocycles.